The lowest BCUT2D eigenvalue weighted by molar-refractivity contribution is 0.164. The number of phosphoric ester groups is 1. The van der Waals surface area contributed by atoms with Crippen molar-refractivity contribution in [2.45, 2.75) is 0 Å². The number of rotatable bonds is 6. The first-order chi connectivity index (χ1) is 5.48. The zero-order chi connectivity index (χ0) is 9.61. The van der Waals surface area contributed by atoms with Crippen LogP contribution >= 0.6 is 30.4 Å². The van der Waals surface area contributed by atoms with Gasteiger partial charge >= 0.3 is 7.82 Å². The van der Waals surface area contributed by atoms with Gasteiger partial charge in [-0.15, -0.1) is 0 Å². The molecule has 5 nitrogen and oxygen atoms in total. The predicted octanol–water partition coefficient (Wildman–Crippen LogP) is 1.03. The molecule has 1 unspecified atom stereocenters. The minimum Gasteiger partial charge on any atom is -0.328 e. The lowest BCUT2D eigenvalue weighted by Crippen LogP contribution is -2.08. The van der Waals surface area contributed by atoms with Crippen molar-refractivity contribution in [2.75, 3.05) is 19.8 Å². The Labute approximate surface area is 84.7 Å². The molecule has 0 saturated carbocycles. The quantitative estimate of drug-likeness (QED) is 0.566. The summed E-state index contributed by atoms with van der Waals surface area (Å²) in [4.78, 5) is 8.91. The molecule has 0 aromatic heterocycles. The first-order valence-electron chi connectivity index (χ1n) is 3.13. The van der Waals surface area contributed by atoms with Crippen LogP contribution < -0.4 is 5.73 Å². The molecule has 0 fully saturated rings. The van der Waals surface area contributed by atoms with E-state index in [9.17, 15) is 4.57 Å². The fourth-order valence-corrected chi connectivity index (χ4v) is 1.49. The van der Waals surface area contributed by atoms with Crippen LogP contribution in [-0.4, -0.2) is 24.7 Å². The Hall–Kier alpha value is 0.540. The largest absolute Gasteiger partial charge is 0.472 e. The second-order valence-corrected chi connectivity index (χ2v) is 4.86. The second kappa shape index (κ2) is 6.06. The summed E-state index contributed by atoms with van der Waals surface area (Å²) in [7, 11) is -3.91. The maximum atomic E-state index is 10.9. The number of hydrogen-bond donors (Lipinski definition) is 2. The maximum Gasteiger partial charge on any atom is 0.472 e. The van der Waals surface area contributed by atoms with Gasteiger partial charge in [0.15, 0.2) is 0 Å². The molecule has 0 rings (SSSR count). The van der Waals surface area contributed by atoms with Crippen LogP contribution in [0.1, 0.15) is 0 Å². The third-order valence-corrected chi connectivity index (χ3v) is 2.03. The first kappa shape index (κ1) is 12.5. The van der Waals surface area contributed by atoms with Gasteiger partial charge in [0.1, 0.15) is 0 Å². The Morgan fingerprint density at radius 2 is 2.25 bits per heavy atom. The van der Waals surface area contributed by atoms with E-state index < -0.39 is 7.82 Å². The van der Waals surface area contributed by atoms with Gasteiger partial charge < -0.3 is 10.6 Å². The number of hydrogen-bond acceptors (Lipinski definition) is 4. The van der Waals surface area contributed by atoms with Gasteiger partial charge in [0, 0.05) is 10.1 Å². The number of halogens is 1. The van der Waals surface area contributed by atoms with E-state index in [4.69, 9.17) is 10.6 Å². The summed E-state index contributed by atoms with van der Waals surface area (Å²) >= 11 is 1.89. The zero-order valence-electron chi connectivity index (χ0n) is 6.40. The molecule has 1 atom stereocenters. The topological polar surface area (TPSA) is 81.8 Å². The molecule has 3 N–H and O–H groups in total. The highest BCUT2D eigenvalue weighted by atomic mass is 127. The van der Waals surface area contributed by atoms with Gasteiger partial charge in [-0.3, -0.25) is 9.05 Å². The molecule has 0 aliphatic rings. The maximum absolute atomic E-state index is 10.9. The fraction of sp³-hybridized carbons (Fsp3) is 0.600. The third kappa shape index (κ3) is 7.20. The van der Waals surface area contributed by atoms with Crippen LogP contribution in [-0.2, 0) is 13.6 Å². The van der Waals surface area contributed by atoms with Gasteiger partial charge in [0.05, 0.1) is 13.2 Å². The molecule has 0 aromatic carbocycles. The smallest absolute Gasteiger partial charge is 0.328 e. The van der Waals surface area contributed by atoms with Crippen molar-refractivity contribution in [3.63, 3.8) is 0 Å². The van der Waals surface area contributed by atoms with Gasteiger partial charge in [-0.2, -0.15) is 0 Å². The van der Waals surface area contributed by atoms with Gasteiger partial charge in [-0.25, -0.2) is 4.57 Å². The van der Waals surface area contributed by atoms with E-state index in [-0.39, 0.29) is 19.8 Å². The van der Waals surface area contributed by atoms with Crippen molar-refractivity contribution in [1.82, 2.24) is 0 Å². The molecular formula is C5H11INO4P. The highest BCUT2D eigenvalue weighted by Gasteiger charge is 2.19. The van der Waals surface area contributed by atoms with Crippen molar-refractivity contribution < 1.29 is 18.5 Å². The van der Waals surface area contributed by atoms with Crippen LogP contribution in [0.5, 0.6) is 0 Å². The standard InChI is InChI=1S/C5H11INO4P/c1-5(6)4-11-12(8,9)10-3-2-7/h1-4,7H2,(H,8,9). The van der Waals surface area contributed by atoms with Gasteiger partial charge in [-0.1, -0.05) is 6.58 Å². The normalized spacial score (nSPS) is 15.6. The summed E-state index contributed by atoms with van der Waals surface area (Å²) in [6.07, 6.45) is 0. The Morgan fingerprint density at radius 3 is 2.67 bits per heavy atom. The highest BCUT2D eigenvalue weighted by Crippen LogP contribution is 2.43. The SMILES string of the molecule is C=C(I)COP(=O)(O)OCCN. The van der Waals surface area contributed by atoms with Crippen LogP contribution in [0.2, 0.25) is 0 Å². The lowest BCUT2D eigenvalue weighted by atomic mass is 10.7. The molecule has 12 heavy (non-hydrogen) atoms. The molecule has 0 bridgehead atoms. The highest BCUT2D eigenvalue weighted by molar-refractivity contribution is 14.1. The summed E-state index contributed by atoms with van der Waals surface area (Å²) in [5.74, 6) is 0. The number of phosphoric acid groups is 1. The van der Waals surface area contributed by atoms with Gasteiger partial charge in [0.25, 0.3) is 0 Å². The molecule has 0 aliphatic heterocycles. The first-order valence-corrected chi connectivity index (χ1v) is 5.70. The van der Waals surface area contributed by atoms with Gasteiger partial charge in [-0.05, 0) is 22.6 Å². The third-order valence-electron chi connectivity index (χ3n) is 0.757. The summed E-state index contributed by atoms with van der Waals surface area (Å²) in [6.45, 7) is 3.67. The van der Waals surface area contributed by atoms with E-state index in [2.05, 4.69) is 15.6 Å². The monoisotopic (exact) mass is 307 g/mol. The van der Waals surface area contributed by atoms with Crippen molar-refractivity contribution in [3.8, 4) is 0 Å². The van der Waals surface area contributed by atoms with Crippen molar-refractivity contribution in [1.29, 1.82) is 0 Å². The van der Waals surface area contributed by atoms with Crippen molar-refractivity contribution in [3.05, 3.63) is 10.2 Å². The van der Waals surface area contributed by atoms with Crippen LogP contribution in [0, 0.1) is 0 Å². The van der Waals surface area contributed by atoms with E-state index in [1.54, 1.807) is 0 Å². The summed E-state index contributed by atoms with van der Waals surface area (Å²) < 4.78 is 20.5. The molecule has 72 valence electrons. The van der Waals surface area contributed by atoms with Crippen LogP contribution in [0.15, 0.2) is 10.2 Å². The average Bonchev–Trinajstić information content (AvgIpc) is 1.98. The van der Waals surface area contributed by atoms with Crippen molar-refractivity contribution >= 4 is 30.4 Å². The fourth-order valence-electron chi connectivity index (χ4n) is 0.357. The Bertz CT molecular complexity index is 198. The lowest BCUT2D eigenvalue weighted by Gasteiger charge is -2.10. The van der Waals surface area contributed by atoms with Crippen molar-refractivity contribution in [2.24, 2.45) is 5.73 Å². The molecule has 0 spiro atoms. The predicted molar refractivity (Wildman–Crippen MR) is 53.9 cm³/mol. The zero-order valence-corrected chi connectivity index (χ0v) is 9.45. The van der Waals surface area contributed by atoms with Crippen LogP contribution in [0.3, 0.4) is 0 Å². The molecule has 0 aliphatic carbocycles. The van der Waals surface area contributed by atoms with Crippen LogP contribution in [0.4, 0.5) is 0 Å². The van der Waals surface area contributed by atoms with Gasteiger partial charge in [0.2, 0.25) is 0 Å². The summed E-state index contributed by atoms with van der Waals surface area (Å²) in [6, 6.07) is 0. The average molecular weight is 307 g/mol. The van der Waals surface area contributed by atoms with E-state index in [1.165, 1.54) is 0 Å². The molecule has 0 saturated heterocycles. The molecule has 0 radical (unpaired) electrons. The molecule has 0 heterocycles. The van der Waals surface area contributed by atoms with Crippen LogP contribution in [0.25, 0.3) is 0 Å². The summed E-state index contributed by atoms with van der Waals surface area (Å²) in [5, 5.41) is 0. The number of nitrogens with two attached hydrogens (primary N) is 1. The minimum atomic E-state index is -3.91. The van der Waals surface area contributed by atoms with E-state index >= 15 is 0 Å². The van der Waals surface area contributed by atoms with E-state index in [0.717, 1.165) is 0 Å². The molecule has 0 aromatic rings. The minimum absolute atomic E-state index is 0.00108. The summed E-state index contributed by atoms with van der Waals surface area (Å²) in [5.41, 5.74) is 5.06. The molecule has 7 heteroatoms. The Balaban J connectivity index is 3.71. The molecule has 0 amide bonds. The molecular weight excluding hydrogens is 296 g/mol. The second-order valence-electron chi connectivity index (χ2n) is 1.88. The Kier molecular flexibility index (Phi) is 6.34. The Morgan fingerprint density at radius 1 is 1.67 bits per heavy atom. The van der Waals surface area contributed by atoms with E-state index in [0.29, 0.717) is 3.58 Å². The van der Waals surface area contributed by atoms with E-state index in [1.807, 2.05) is 22.6 Å².